The zero-order valence-electron chi connectivity index (χ0n) is 52.9. The van der Waals surface area contributed by atoms with Crippen LogP contribution in [-0.4, -0.2) is 37.2 Å². The third-order valence-electron chi connectivity index (χ3n) is 13.1. The number of carbonyl (C=O) groups is 3. The lowest BCUT2D eigenvalue weighted by molar-refractivity contribution is -0.167. The monoisotopic (exact) mass is 1140 g/mol. The molecule has 6 nitrogen and oxygen atoms in total. The molecule has 0 aromatic heterocycles. The van der Waals surface area contributed by atoms with E-state index in [0.29, 0.717) is 19.3 Å². The molecule has 0 aromatic carbocycles. The van der Waals surface area contributed by atoms with Crippen molar-refractivity contribution in [2.24, 2.45) is 0 Å². The SMILES string of the molecule is CC/C=C\C/C=C\C/C=C\C/C=C\C/C=C\C/C=C\C/C=C\C/C=C\CCCCC(=O)OCC(COC(=O)CCCC/C=C\C/C=C\C/C=C\C/C=C\CC)OC(=O)CCCCCCCCCCCC/C=C\C/C=C\C/C=C\C/C=C\CC. The quantitative estimate of drug-likeness (QED) is 0.0261. The first-order valence-corrected chi connectivity index (χ1v) is 32.9. The van der Waals surface area contributed by atoms with E-state index in [4.69, 9.17) is 14.2 Å². The fraction of sp³-hybridized carbons (Fsp3) is 0.545. The first-order valence-electron chi connectivity index (χ1n) is 32.9. The van der Waals surface area contributed by atoms with Gasteiger partial charge < -0.3 is 14.2 Å². The zero-order chi connectivity index (χ0) is 59.9. The van der Waals surface area contributed by atoms with Gasteiger partial charge in [0.1, 0.15) is 13.2 Å². The number of esters is 3. The van der Waals surface area contributed by atoms with Gasteiger partial charge in [0.2, 0.25) is 0 Å². The van der Waals surface area contributed by atoms with Gasteiger partial charge in [0.15, 0.2) is 6.10 Å². The van der Waals surface area contributed by atoms with E-state index in [-0.39, 0.29) is 44.0 Å². The highest BCUT2D eigenvalue weighted by Crippen LogP contribution is 2.14. The molecule has 0 saturated carbocycles. The summed E-state index contributed by atoms with van der Waals surface area (Å²) in [6.07, 6.45) is 104. The predicted octanol–water partition coefficient (Wildman–Crippen LogP) is 23.0. The summed E-state index contributed by atoms with van der Waals surface area (Å²) < 4.78 is 16.9. The maximum absolute atomic E-state index is 12.9. The number of carbonyl (C=O) groups excluding carboxylic acids is 3. The van der Waals surface area contributed by atoms with E-state index in [1.807, 2.05) is 0 Å². The van der Waals surface area contributed by atoms with Gasteiger partial charge in [-0.1, -0.05) is 267 Å². The molecule has 6 heteroatoms. The van der Waals surface area contributed by atoms with Crippen LogP contribution in [0.1, 0.15) is 252 Å². The minimum Gasteiger partial charge on any atom is -0.462 e. The Kier molecular flexibility index (Phi) is 64.0. The Morgan fingerprint density at radius 3 is 0.699 bits per heavy atom. The molecule has 462 valence electrons. The molecule has 83 heavy (non-hydrogen) atoms. The second kappa shape index (κ2) is 68.7. The summed E-state index contributed by atoms with van der Waals surface area (Å²) >= 11 is 0. The number of hydrogen-bond donors (Lipinski definition) is 0. The van der Waals surface area contributed by atoms with Crippen molar-refractivity contribution in [3.8, 4) is 0 Å². The van der Waals surface area contributed by atoms with Crippen LogP contribution in [-0.2, 0) is 28.6 Å². The Morgan fingerprint density at radius 1 is 0.241 bits per heavy atom. The van der Waals surface area contributed by atoms with Crippen LogP contribution in [0.5, 0.6) is 0 Å². The van der Waals surface area contributed by atoms with Crippen molar-refractivity contribution in [3.05, 3.63) is 194 Å². The van der Waals surface area contributed by atoms with Crippen molar-refractivity contribution in [3.63, 3.8) is 0 Å². The lowest BCUT2D eigenvalue weighted by Crippen LogP contribution is -2.30. The average Bonchev–Trinajstić information content (AvgIpc) is 3.49. The number of rotatable bonds is 57. The molecule has 1 unspecified atom stereocenters. The van der Waals surface area contributed by atoms with Crippen LogP contribution in [0.25, 0.3) is 0 Å². The second-order valence-electron chi connectivity index (χ2n) is 20.9. The second-order valence-corrected chi connectivity index (χ2v) is 20.9. The van der Waals surface area contributed by atoms with Crippen LogP contribution in [0.2, 0.25) is 0 Å². The molecule has 0 aliphatic heterocycles. The molecule has 0 heterocycles. The van der Waals surface area contributed by atoms with Crippen LogP contribution in [0, 0.1) is 0 Å². The third kappa shape index (κ3) is 66.9. The van der Waals surface area contributed by atoms with Crippen molar-refractivity contribution < 1.29 is 28.6 Å². The Morgan fingerprint density at radius 2 is 0.434 bits per heavy atom. The normalized spacial score (nSPS) is 13.4. The van der Waals surface area contributed by atoms with E-state index < -0.39 is 6.10 Å². The summed E-state index contributed by atoms with van der Waals surface area (Å²) in [5, 5.41) is 0. The summed E-state index contributed by atoms with van der Waals surface area (Å²) in [7, 11) is 0. The fourth-order valence-electron chi connectivity index (χ4n) is 8.26. The molecule has 0 aliphatic rings. The smallest absolute Gasteiger partial charge is 0.306 e. The fourth-order valence-corrected chi connectivity index (χ4v) is 8.26. The van der Waals surface area contributed by atoms with Gasteiger partial charge in [0.05, 0.1) is 0 Å². The van der Waals surface area contributed by atoms with Gasteiger partial charge in [-0.3, -0.25) is 14.4 Å². The van der Waals surface area contributed by atoms with Gasteiger partial charge in [0, 0.05) is 19.3 Å². The van der Waals surface area contributed by atoms with Gasteiger partial charge in [-0.2, -0.15) is 0 Å². The van der Waals surface area contributed by atoms with Crippen LogP contribution in [0.4, 0.5) is 0 Å². The van der Waals surface area contributed by atoms with E-state index in [9.17, 15) is 14.4 Å². The lowest BCUT2D eigenvalue weighted by Gasteiger charge is -2.18. The summed E-state index contributed by atoms with van der Waals surface area (Å²) in [5.41, 5.74) is 0. The Labute approximate surface area is 509 Å². The number of hydrogen-bond acceptors (Lipinski definition) is 6. The summed E-state index contributed by atoms with van der Waals surface area (Å²) in [5.74, 6) is -1.02. The van der Waals surface area contributed by atoms with E-state index in [2.05, 4.69) is 215 Å². The average molecular weight is 1140 g/mol. The molecule has 0 rings (SSSR count). The predicted molar refractivity (Wildman–Crippen MR) is 361 cm³/mol. The molecule has 0 bridgehead atoms. The Hall–Kier alpha value is -5.75. The van der Waals surface area contributed by atoms with E-state index in [0.717, 1.165) is 154 Å². The molecule has 0 aromatic rings. The van der Waals surface area contributed by atoms with Crippen LogP contribution < -0.4 is 0 Å². The number of ether oxygens (including phenoxy) is 3. The van der Waals surface area contributed by atoms with Gasteiger partial charge in [-0.15, -0.1) is 0 Å². The van der Waals surface area contributed by atoms with E-state index in [1.165, 1.54) is 44.9 Å². The highest BCUT2D eigenvalue weighted by atomic mass is 16.6. The summed E-state index contributed by atoms with van der Waals surface area (Å²) in [4.78, 5) is 38.4. The summed E-state index contributed by atoms with van der Waals surface area (Å²) in [6, 6.07) is 0. The molecular weight excluding hydrogens is 1020 g/mol. The zero-order valence-corrected chi connectivity index (χ0v) is 52.9. The molecule has 0 saturated heterocycles. The Bertz CT molecular complexity index is 1990. The van der Waals surface area contributed by atoms with Crippen LogP contribution in [0.15, 0.2) is 194 Å². The molecule has 0 amide bonds. The maximum atomic E-state index is 12.9. The third-order valence-corrected chi connectivity index (χ3v) is 13.1. The minimum atomic E-state index is -0.830. The van der Waals surface area contributed by atoms with E-state index >= 15 is 0 Å². The highest BCUT2D eigenvalue weighted by Gasteiger charge is 2.19. The standard InChI is InChI=1S/C77H118O6/c1-4-7-10-13-16-19-22-25-28-30-32-34-36-37-38-39-41-42-44-46-49-52-55-58-61-64-67-70-76(79)82-73-74(72-81-75(78)69-66-63-60-57-54-51-48-27-24-21-18-15-12-9-6-3)83-77(80)71-68-65-62-59-56-53-50-47-45-43-40-35-33-31-29-26-23-20-17-14-11-8-5-2/h7-12,16-21,25-29,32-35,37-38,41-42,46,48-49,54-55,57-58,74H,4-6,13-15,22-24,30-31,36,39-40,43-45,47,50-53,56,59-73H2,1-3H3/b10-7-,11-8-,12-9-,19-16-,20-17-,21-18-,28-25-,29-26-,34-32-,35-33-,38-37-,42-41-,48-27-,49-46-,57-54-,58-55-. The maximum Gasteiger partial charge on any atom is 0.306 e. The van der Waals surface area contributed by atoms with Crippen molar-refractivity contribution in [1.29, 1.82) is 0 Å². The first-order chi connectivity index (χ1) is 41.0. The van der Waals surface area contributed by atoms with Crippen LogP contribution >= 0.6 is 0 Å². The molecule has 0 fully saturated rings. The number of unbranched alkanes of at least 4 members (excludes halogenated alkanes) is 14. The van der Waals surface area contributed by atoms with Gasteiger partial charge >= 0.3 is 17.9 Å². The molecule has 0 aliphatic carbocycles. The van der Waals surface area contributed by atoms with Gasteiger partial charge in [-0.25, -0.2) is 0 Å². The van der Waals surface area contributed by atoms with Gasteiger partial charge in [-0.05, 0) is 161 Å². The minimum absolute atomic E-state index is 0.125. The highest BCUT2D eigenvalue weighted by molar-refractivity contribution is 5.71. The van der Waals surface area contributed by atoms with Crippen LogP contribution in [0.3, 0.4) is 0 Å². The lowest BCUT2D eigenvalue weighted by atomic mass is 10.0. The topological polar surface area (TPSA) is 78.9 Å². The van der Waals surface area contributed by atoms with Crippen molar-refractivity contribution >= 4 is 17.9 Å². The molecule has 0 radical (unpaired) electrons. The Balaban J connectivity index is 4.53. The van der Waals surface area contributed by atoms with Crippen molar-refractivity contribution in [2.45, 2.75) is 258 Å². The van der Waals surface area contributed by atoms with Crippen molar-refractivity contribution in [1.82, 2.24) is 0 Å². The molecule has 0 spiro atoms. The summed E-state index contributed by atoms with van der Waals surface area (Å²) in [6.45, 7) is 6.21. The molecule has 1 atom stereocenters. The van der Waals surface area contributed by atoms with E-state index in [1.54, 1.807) is 0 Å². The molecular formula is C77H118O6. The largest absolute Gasteiger partial charge is 0.462 e. The molecule has 0 N–H and O–H groups in total. The van der Waals surface area contributed by atoms with Crippen molar-refractivity contribution in [2.75, 3.05) is 13.2 Å². The van der Waals surface area contributed by atoms with Gasteiger partial charge in [0.25, 0.3) is 0 Å². The number of allylic oxidation sites excluding steroid dienone is 32. The first kappa shape index (κ1) is 77.2.